The van der Waals surface area contributed by atoms with E-state index in [0.717, 1.165) is 4.57 Å². The van der Waals surface area contributed by atoms with Gasteiger partial charge in [0.1, 0.15) is 0 Å². The molecule has 0 atom stereocenters. The predicted octanol–water partition coefficient (Wildman–Crippen LogP) is 0.583. The molecule has 12 heavy (non-hydrogen) atoms. The minimum atomic E-state index is -0.352. The zero-order chi connectivity index (χ0) is 9.56. The Morgan fingerprint density at radius 2 is 2.00 bits per heavy atom. The van der Waals surface area contributed by atoms with E-state index in [2.05, 4.69) is 4.98 Å². The first-order valence-corrected chi connectivity index (χ1v) is 4.04. The smallest absolute Gasteiger partial charge is 0.314 e. The van der Waals surface area contributed by atoms with Gasteiger partial charge in [-0.3, -0.25) is 9.36 Å². The number of hydrogen-bond acceptors (Lipinski definition) is 2. The van der Waals surface area contributed by atoms with Crippen LogP contribution in [0.3, 0.4) is 0 Å². The number of nitrogens with one attached hydrogen (secondary N) is 1. The molecule has 1 N–H and O–H groups in total. The lowest BCUT2D eigenvalue weighted by atomic mass is 10.6. The molecule has 0 aliphatic rings. The van der Waals surface area contributed by atoms with E-state index < -0.39 is 0 Å². The van der Waals surface area contributed by atoms with Gasteiger partial charge in [0.2, 0.25) is 0 Å². The highest BCUT2D eigenvalue weighted by Gasteiger charge is 1.93. The van der Waals surface area contributed by atoms with Gasteiger partial charge in [-0.05, 0) is 6.92 Å². The van der Waals surface area contributed by atoms with Gasteiger partial charge in [0, 0.05) is 18.8 Å². The van der Waals surface area contributed by atoms with Gasteiger partial charge >= 0.3 is 5.69 Å². The van der Waals surface area contributed by atoms with Crippen LogP contribution in [0.2, 0.25) is 0 Å². The minimum Gasteiger partial charge on any atom is -0.314 e. The van der Waals surface area contributed by atoms with Crippen LogP contribution in [0.15, 0.2) is 21.9 Å². The average Bonchev–Trinajstić information content (AvgIpc) is 2.08. The summed E-state index contributed by atoms with van der Waals surface area (Å²) in [6.45, 7) is 6.16. The average molecular weight is 170 g/mol. The molecule has 0 aromatic carbocycles. The van der Waals surface area contributed by atoms with Gasteiger partial charge in [0.05, 0.1) is 0 Å². The van der Waals surface area contributed by atoms with Crippen molar-refractivity contribution in [1.82, 2.24) is 9.55 Å². The van der Waals surface area contributed by atoms with E-state index in [1.165, 1.54) is 12.3 Å². The number of hydrogen-bond donors (Lipinski definition) is 1. The lowest BCUT2D eigenvalue weighted by Gasteiger charge is -1.95. The van der Waals surface area contributed by atoms with Crippen LogP contribution >= 0.6 is 0 Å². The molecule has 0 spiro atoms. The summed E-state index contributed by atoms with van der Waals surface area (Å²) in [5.41, 5.74) is -0.610. The van der Waals surface area contributed by atoms with E-state index >= 15 is 0 Å². The highest BCUT2D eigenvalue weighted by molar-refractivity contribution is 4.81. The first-order valence-electron chi connectivity index (χ1n) is 4.04. The summed E-state index contributed by atoms with van der Waals surface area (Å²) in [4.78, 5) is 24.0. The molecule has 1 aromatic heterocycles. The molecule has 1 heterocycles. The Kier molecular flexibility index (Phi) is 4.76. The Bertz CT molecular complexity index is 296. The van der Waals surface area contributed by atoms with Crippen molar-refractivity contribution in [2.45, 2.75) is 27.3 Å². The first-order chi connectivity index (χ1) is 5.75. The van der Waals surface area contributed by atoms with Gasteiger partial charge < -0.3 is 4.98 Å². The van der Waals surface area contributed by atoms with Crippen LogP contribution in [0.5, 0.6) is 0 Å². The zero-order valence-corrected chi connectivity index (χ0v) is 7.63. The van der Waals surface area contributed by atoms with E-state index in [1.807, 2.05) is 13.8 Å². The molecule has 0 aliphatic heterocycles. The van der Waals surface area contributed by atoms with E-state index in [0.29, 0.717) is 6.54 Å². The van der Waals surface area contributed by atoms with Crippen molar-refractivity contribution in [2.75, 3.05) is 0 Å². The monoisotopic (exact) mass is 170 g/mol. The molecule has 0 saturated heterocycles. The Morgan fingerprint density at radius 1 is 1.42 bits per heavy atom. The van der Waals surface area contributed by atoms with Gasteiger partial charge in [-0.15, -0.1) is 0 Å². The standard InChI is InChI=1S/C6H8N2O2.C2H6/c1-2-8-5(9)3-4-7-6(8)10;1-2/h3-4H,2H2,1H3,(H,7,10);1-2H3. The van der Waals surface area contributed by atoms with Crippen molar-refractivity contribution in [3.63, 3.8) is 0 Å². The maximum Gasteiger partial charge on any atom is 0.328 e. The SMILES string of the molecule is CC.CCn1c(=O)cc[nH]c1=O. The van der Waals surface area contributed by atoms with Gasteiger partial charge in [0.25, 0.3) is 5.56 Å². The van der Waals surface area contributed by atoms with Crippen LogP contribution in [0.4, 0.5) is 0 Å². The summed E-state index contributed by atoms with van der Waals surface area (Å²) in [5.74, 6) is 0. The molecule has 1 rings (SSSR count). The quantitative estimate of drug-likeness (QED) is 0.670. The van der Waals surface area contributed by atoms with E-state index in [4.69, 9.17) is 0 Å². The predicted molar refractivity (Wildman–Crippen MR) is 48.3 cm³/mol. The molecule has 68 valence electrons. The van der Waals surface area contributed by atoms with Gasteiger partial charge in [-0.2, -0.15) is 0 Å². The molecule has 0 amide bonds. The molecule has 4 heteroatoms. The third kappa shape index (κ3) is 2.38. The first kappa shape index (κ1) is 10.7. The summed E-state index contributed by atoms with van der Waals surface area (Å²) in [5, 5.41) is 0. The van der Waals surface area contributed by atoms with Crippen molar-refractivity contribution in [3.8, 4) is 0 Å². The minimum absolute atomic E-state index is 0.258. The molecular weight excluding hydrogens is 156 g/mol. The van der Waals surface area contributed by atoms with Crippen molar-refractivity contribution in [1.29, 1.82) is 0 Å². The molecule has 0 saturated carbocycles. The summed E-state index contributed by atoms with van der Waals surface area (Å²) >= 11 is 0. The number of aromatic amines is 1. The molecule has 4 nitrogen and oxygen atoms in total. The number of aromatic nitrogens is 2. The summed E-state index contributed by atoms with van der Waals surface area (Å²) < 4.78 is 1.12. The molecular formula is C8H14N2O2. The second-order valence-electron chi connectivity index (χ2n) is 1.87. The van der Waals surface area contributed by atoms with Crippen LogP contribution < -0.4 is 11.2 Å². The van der Waals surface area contributed by atoms with Gasteiger partial charge in [-0.25, -0.2) is 4.79 Å². The Balaban J connectivity index is 0.000000561. The van der Waals surface area contributed by atoms with Crippen molar-refractivity contribution in [3.05, 3.63) is 33.1 Å². The molecule has 1 aromatic rings. The highest BCUT2D eigenvalue weighted by atomic mass is 16.2. The van der Waals surface area contributed by atoms with E-state index in [9.17, 15) is 9.59 Å². The number of H-pyrrole nitrogens is 1. The summed E-state index contributed by atoms with van der Waals surface area (Å²) in [6.07, 6.45) is 1.34. The summed E-state index contributed by atoms with van der Waals surface area (Å²) in [7, 11) is 0. The van der Waals surface area contributed by atoms with Crippen LogP contribution in [0.25, 0.3) is 0 Å². The molecule has 0 aliphatic carbocycles. The van der Waals surface area contributed by atoms with Crippen LogP contribution in [0, 0.1) is 0 Å². The van der Waals surface area contributed by atoms with Crippen molar-refractivity contribution >= 4 is 0 Å². The van der Waals surface area contributed by atoms with Crippen LogP contribution in [-0.4, -0.2) is 9.55 Å². The fourth-order valence-corrected chi connectivity index (χ4v) is 0.752. The maximum absolute atomic E-state index is 10.8. The van der Waals surface area contributed by atoms with Gasteiger partial charge in [-0.1, -0.05) is 13.8 Å². The Morgan fingerprint density at radius 3 is 2.33 bits per heavy atom. The largest absolute Gasteiger partial charge is 0.328 e. The van der Waals surface area contributed by atoms with Crippen LogP contribution in [-0.2, 0) is 6.54 Å². The zero-order valence-electron chi connectivity index (χ0n) is 7.63. The topological polar surface area (TPSA) is 54.9 Å². The molecule has 0 fully saturated rings. The Hall–Kier alpha value is -1.32. The second kappa shape index (κ2) is 5.35. The van der Waals surface area contributed by atoms with Crippen molar-refractivity contribution in [2.24, 2.45) is 0 Å². The normalized spacial score (nSPS) is 8.58. The maximum atomic E-state index is 10.8. The highest BCUT2D eigenvalue weighted by Crippen LogP contribution is 1.66. The van der Waals surface area contributed by atoms with E-state index in [-0.39, 0.29) is 11.2 Å². The molecule has 0 bridgehead atoms. The van der Waals surface area contributed by atoms with Crippen LogP contribution in [0.1, 0.15) is 20.8 Å². The summed E-state index contributed by atoms with van der Waals surface area (Å²) in [6, 6.07) is 1.32. The van der Waals surface area contributed by atoms with Crippen molar-refractivity contribution < 1.29 is 0 Å². The Labute approximate surface area is 70.9 Å². The number of nitrogens with zero attached hydrogens (tertiary/aromatic N) is 1. The third-order valence-corrected chi connectivity index (χ3v) is 1.26. The molecule has 0 unspecified atom stereocenters. The lowest BCUT2D eigenvalue weighted by molar-refractivity contribution is 0.672. The second-order valence-corrected chi connectivity index (χ2v) is 1.87. The third-order valence-electron chi connectivity index (χ3n) is 1.26. The fraction of sp³-hybridized carbons (Fsp3) is 0.500. The van der Waals surface area contributed by atoms with E-state index in [1.54, 1.807) is 6.92 Å². The lowest BCUT2D eigenvalue weighted by Crippen LogP contribution is -2.32. The van der Waals surface area contributed by atoms with Gasteiger partial charge in [0.15, 0.2) is 0 Å². The fourth-order valence-electron chi connectivity index (χ4n) is 0.752. The number of rotatable bonds is 1. The molecule has 0 radical (unpaired) electrons.